The van der Waals surface area contributed by atoms with Crippen LogP contribution in [0.4, 0.5) is 0 Å². The fourth-order valence-electron chi connectivity index (χ4n) is 4.44. The average Bonchev–Trinajstić information content (AvgIpc) is 3.25. The Kier molecular flexibility index (Phi) is 7.29. The van der Waals surface area contributed by atoms with Gasteiger partial charge in [0.15, 0.2) is 5.82 Å². The maximum Gasteiger partial charge on any atom is 0.308 e. The summed E-state index contributed by atoms with van der Waals surface area (Å²) in [6.45, 7) is 14.4. The van der Waals surface area contributed by atoms with Gasteiger partial charge in [0.2, 0.25) is 0 Å². The van der Waals surface area contributed by atoms with Crippen LogP contribution in [0.1, 0.15) is 78.9 Å². The van der Waals surface area contributed by atoms with Crippen molar-refractivity contribution in [2.45, 2.75) is 73.0 Å². The monoisotopic (exact) mass is 505 g/mol. The van der Waals surface area contributed by atoms with E-state index in [9.17, 15) is 4.79 Å². The van der Waals surface area contributed by atoms with Crippen LogP contribution in [0, 0.1) is 20.8 Å². The number of aromatic nitrogens is 3. The molecule has 36 heavy (non-hydrogen) atoms. The first kappa shape index (κ1) is 26.0. The molecule has 1 aromatic carbocycles. The van der Waals surface area contributed by atoms with Crippen LogP contribution in [0.25, 0.3) is 5.00 Å². The number of thiophene rings is 1. The first-order valence-corrected chi connectivity index (χ1v) is 13.1. The second-order valence-electron chi connectivity index (χ2n) is 10.3. The van der Waals surface area contributed by atoms with E-state index in [2.05, 4.69) is 59.8 Å². The van der Waals surface area contributed by atoms with Gasteiger partial charge in [-0.1, -0.05) is 35.9 Å². The Morgan fingerprint density at radius 2 is 1.86 bits per heavy atom. The van der Waals surface area contributed by atoms with Crippen molar-refractivity contribution in [2.24, 2.45) is 10.7 Å². The zero-order valence-corrected chi connectivity index (χ0v) is 23.0. The number of benzene rings is 1. The number of nitrogens with zero attached hydrogens (tertiary/aromatic N) is 4. The number of hydrogen-bond acceptors (Lipinski definition) is 7. The van der Waals surface area contributed by atoms with E-state index in [4.69, 9.17) is 15.5 Å². The van der Waals surface area contributed by atoms with Crippen molar-refractivity contribution >= 4 is 23.0 Å². The second-order valence-corrected chi connectivity index (χ2v) is 11.6. The van der Waals surface area contributed by atoms with E-state index in [1.165, 1.54) is 21.6 Å². The van der Waals surface area contributed by atoms with Gasteiger partial charge >= 0.3 is 5.97 Å². The van der Waals surface area contributed by atoms with Gasteiger partial charge in [-0.05, 0) is 66.0 Å². The van der Waals surface area contributed by atoms with Crippen molar-refractivity contribution in [1.82, 2.24) is 14.8 Å². The van der Waals surface area contributed by atoms with Crippen molar-refractivity contribution in [3.63, 3.8) is 0 Å². The van der Waals surface area contributed by atoms with Crippen LogP contribution in [-0.4, -0.2) is 38.6 Å². The molecule has 1 aliphatic heterocycles. The van der Waals surface area contributed by atoms with Gasteiger partial charge in [0.25, 0.3) is 0 Å². The molecule has 1 atom stereocenters. The molecule has 190 valence electrons. The molecule has 1 aliphatic rings. The molecule has 4 rings (SSSR count). The normalized spacial score (nSPS) is 15.7. The third-order valence-electron chi connectivity index (χ3n) is 6.20. The highest BCUT2D eigenvalue weighted by molar-refractivity contribution is 7.15. The average molecular weight is 506 g/mol. The van der Waals surface area contributed by atoms with Crippen LogP contribution in [0.15, 0.2) is 40.9 Å². The molecule has 0 spiro atoms. The maximum absolute atomic E-state index is 12.9. The third-order valence-corrected chi connectivity index (χ3v) is 7.39. The van der Waals surface area contributed by atoms with Gasteiger partial charge in [-0.3, -0.25) is 14.4 Å². The molecule has 0 radical (unpaired) electrons. The summed E-state index contributed by atoms with van der Waals surface area (Å²) >= 11 is 1.70. The smallest absolute Gasteiger partial charge is 0.308 e. The van der Waals surface area contributed by atoms with Gasteiger partial charge in [-0.2, -0.15) is 0 Å². The molecule has 2 N–H and O–H groups in total. The van der Waals surface area contributed by atoms with Crippen LogP contribution in [0.2, 0.25) is 0 Å². The van der Waals surface area contributed by atoms with Crippen molar-refractivity contribution in [1.29, 1.82) is 0 Å². The van der Waals surface area contributed by atoms with Crippen molar-refractivity contribution in [3.05, 3.63) is 74.7 Å². The molecule has 0 aliphatic carbocycles. The predicted molar refractivity (Wildman–Crippen MR) is 145 cm³/mol. The molecule has 2 aromatic heterocycles. The SMILES string of the molecule is C/C(=C\CN)Cc1ccc(C2=N[C@@H](CC(=O)OC(C)(C)C)c3nnc(C)n3-c3sc(C)c(C)c32)cc1. The molecular weight excluding hydrogens is 470 g/mol. The van der Waals surface area contributed by atoms with Crippen LogP contribution in [0.5, 0.6) is 0 Å². The Balaban J connectivity index is 1.82. The minimum atomic E-state index is -0.573. The van der Waals surface area contributed by atoms with Gasteiger partial charge in [0.1, 0.15) is 22.5 Å². The minimum Gasteiger partial charge on any atom is -0.460 e. The van der Waals surface area contributed by atoms with Crippen LogP contribution < -0.4 is 5.73 Å². The van der Waals surface area contributed by atoms with E-state index in [-0.39, 0.29) is 12.4 Å². The largest absolute Gasteiger partial charge is 0.460 e. The quantitative estimate of drug-likeness (QED) is 0.361. The zero-order valence-electron chi connectivity index (χ0n) is 22.2. The summed E-state index contributed by atoms with van der Waals surface area (Å²) < 4.78 is 7.70. The Morgan fingerprint density at radius 1 is 1.17 bits per heavy atom. The minimum absolute atomic E-state index is 0.0903. The number of rotatable bonds is 6. The number of nitrogens with two attached hydrogens (primary N) is 1. The summed E-state index contributed by atoms with van der Waals surface area (Å²) in [6.07, 6.45) is 2.99. The van der Waals surface area contributed by atoms with E-state index >= 15 is 0 Å². The predicted octanol–water partition coefficient (Wildman–Crippen LogP) is 5.33. The maximum atomic E-state index is 12.9. The lowest BCUT2D eigenvalue weighted by Gasteiger charge is -2.21. The zero-order chi connectivity index (χ0) is 26.2. The highest BCUT2D eigenvalue weighted by Gasteiger charge is 2.33. The Bertz CT molecular complexity index is 1340. The number of esters is 1. The van der Waals surface area contributed by atoms with Crippen LogP contribution in [-0.2, 0) is 16.0 Å². The van der Waals surface area contributed by atoms with E-state index in [1.807, 2.05) is 33.8 Å². The molecular formula is C28H35N5O2S. The first-order chi connectivity index (χ1) is 17.0. The Hall–Kier alpha value is -3.10. The molecule has 0 fully saturated rings. The lowest BCUT2D eigenvalue weighted by atomic mass is 9.97. The van der Waals surface area contributed by atoms with E-state index in [0.29, 0.717) is 12.4 Å². The lowest BCUT2D eigenvalue weighted by Crippen LogP contribution is -2.25. The van der Waals surface area contributed by atoms with E-state index in [1.54, 1.807) is 11.3 Å². The van der Waals surface area contributed by atoms with Gasteiger partial charge in [-0.25, -0.2) is 0 Å². The molecule has 3 heterocycles. The number of ether oxygens (including phenoxy) is 1. The fourth-order valence-corrected chi connectivity index (χ4v) is 5.66. The molecule has 7 nitrogen and oxygen atoms in total. The van der Waals surface area contributed by atoms with Gasteiger partial charge in [0.05, 0.1) is 12.1 Å². The summed E-state index contributed by atoms with van der Waals surface area (Å²) in [5, 5.41) is 9.85. The van der Waals surface area contributed by atoms with Crippen molar-refractivity contribution in [3.8, 4) is 5.00 Å². The van der Waals surface area contributed by atoms with Crippen LogP contribution >= 0.6 is 11.3 Å². The second kappa shape index (κ2) is 10.1. The van der Waals surface area contributed by atoms with Crippen molar-refractivity contribution in [2.75, 3.05) is 6.54 Å². The number of aliphatic imine (C=N–C) groups is 1. The summed E-state index contributed by atoms with van der Waals surface area (Å²) in [4.78, 5) is 19.3. The number of allylic oxidation sites excluding steroid dienone is 1. The molecule has 0 amide bonds. The van der Waals surface area contributed by atoms with Gasteiger partial charge in [0, 0.05) is 22.5 Å². The summed E-state index contributed by atoms with van der Waals surface area (Å²) in [6, 6.07) is 8.00. The molecule has 0 saturated heterocycles. The van der Waals surface area contributed by atoms with Gasteiger partial charge < -0.3 is 10.5 Å². The van der Waals surface area contributed by atoms with Gasteiger partial charge in [-0.15, -0.1) is 21.5 Å². The van der Waals surface area contributed by atoms with Crippen LogP contribution in [0.3, 0.4) is 0 Å². The highest BCUT2D eigenvalue weighted by Crippen LogP contribution is 2.39. The lowest BCUT2D eigenvalue weighted by molar-refractivity contribution is -0.155. The van der Waals surface area contributed by atoms with Crippen molar-refractivity contribution < 1.29 is 9.53 Å². The molecule has 0 bridgehead atoms. The number of aryl methyl sites for hydroxylation is 2. The Labute approximate surface area is 217 Å². The fraction of sp³-hybridized carbons (Fsp3) is 0.429. The number of fused-ring (bicyclic) bond motifs is 3. The summed E-state index contributed by atoms with van der Waals surface area (Å²) in [5.74, 6) is 1.13. The third kappa shape index (κ3) is 5.34. The topological polar surface area (TPSA) is 95.4 Å². The first-order valence-electron chi connectivity index (χ1n) is 12.3. The molecule has 8 heteroatoms. The molecule has 0 saturated carbocycles. The standard InChI is InChI=1S/C28H35N5O2S/c1-16(12-13-29)14-20-8-10-21(11-9-20)25-24-17(2)18(3)36-27(24)33-19(4)31-32-26(33)22(30-25)15-23(34)35-28(5,6)7/h8-12,22H,13-15,29H2,1-7H3/b16-12+/t22-/m0/s1. The Morgan fingerprint density at radius 3 is 2.50 bits per heavy atom. The number of carbonyl (C=O) groups excluding carboxylic acids is 1. The van der Waals surface area contributed by atoms with E-state index in [0.717, 1.165) is 34.1 Å². The number of carbonyl (C=O) groups is 1. The van der Waals surface area contributed by atoms with E-state index < -0.39 is 11.6 Å². The molecule has 3 aromatic rings. The molecule has 0 unspecified atom stereocenters. The summed E-state index contributed by atoms with van der Waals surface area (Å²) in [5.41, 5.74) is 11.7. The highest BCUT2D eigenvalue weighted by atomic mass is 32.1. The number of hydrogen-bond donors (Lipinski definition) is 1. The summed E-state index contributed by atoms with van der Waals surface area (Å²) in [7, 11) is 0.